The molecule has 0 aliphatic carbocycles. The molecule has 0 aliphatic rings. The summed E-state index contributed by atoms with van der Waals surface area (Å²) < 4.78 is 10.3. The van der Waals surface area contributed by atoms with E-state index >= 15 is 0 Å². The molecule has 0 atom stereocenters. The lowest BCUT2D eigenvalue weighted by molar-refractivity contribution is 0.0527. The summed E-state index contributed by atoms with van der Waals surface area (Å²) in [6, 6.07) is 6.98. The summed E-state index contributed by atoms with van der Waals surface area (Å²) in [5.74, 6) is 1.10. The number of halogens is 1. The SMILES string of the molecule is CN=C(NCCCNC(=O)OC(C)(C)C)NCCNC(=O)c1cccc(OC)c1.I. The van der Waals surface area contributed by atoms with Gasteiger partial charge in [-0.05, 0) is 45.4 Å². The van der Waals surface area contributed by atoms with E-state index in [1.807, 2.05) is 20.8 Å². The molecule has 30 heavy (non-hydrogen) atoms. The van der Waals surface area contributed by atoms with E-state index in [0.29, 0.717) is 49.9 Å². The van der Waals surface area contributed by atoms with E-state index in [-0.39, 0.29) is 29.9 Å². The Morgan fingerprint density at radius 2 is 1.63 bits per heavy atom. The van der Waals surface area contributed by atoms with Crippen LogP contribution < -0.4 is 26.0 Å². The predicted molar refractivity (Wildman–Crippen MR) is 129 cm³/mol. The van der Waals surface area contributed by atoms with Gasteiger partial charge in [-0.3, -0.25) is 9.79 Å². The fourth-order valence-electron chi connectivity index (χ4n) is 2.24. The van der Waals surface area contributed by atoms with Crippen molar-refractivity contribution >= 4 is 41.9 Å². The molecule has 0 saturated heterocycles. The molecule has 1 aromatic carbocycles. The van der Waals surface area contributed by atoms with Crippen molar-refractivity contribution in [1.82, 2.24) is 21.3 Å². The number of carbonyl (C=O) groups is 2. The zero-order chi connectivity index (χ0) is 21.7. The van der Waals surface area contributed by atoms with Crippen LogP contribution in [0.1, 0.15) is 37.6 Å². The van der Waals surface area contributed by atoms with E-state index in [1.54, 1.807) is 38.4 Å². The minimum atomic E-state index is -0.504. The molecule has 4 N–H and O–H groups in total. The number of nitrogens with one attached hydrogen (secondary N) is 4. The van der Waals surface area contributed by atoms with Gasteiger partial charge in [0.05, 0.1) is 7.11 Å². The number of benzene rings is 1. The first-order chi connectivity index (χ1) is 13.7. The molecule has 9 nitrogen and oxygen atoms in total. The summed E-state index contributed by atoms with van der Waals surface area (Å²) in [6.45, 7) is 7.55. The van der Waals surface area contributed by atoms with Crippen molar-refractivity contribution in [2.24, 2.45) is 4.99 Å². The summed E-state index contributed by atoms with van der Waals surface area (Å²) in [5.41, 5.74) is 0.0420. The summed E-state index contributed by atoms with van der Waals surface area (Å²) in [7, 11) is 3.23. The zero-order valence-corrected chi connectivity index (χ0v) is 20.7. The van der Waals surface area contributed by atoms with E-state index in [9.17, 15) is 9.59 Å². The van der Waals surface area contributed by atoms with Gasteiger partial charge in [0.25, 0.3) is 5.91 Å². The zero-order valence-electron chi connectivity index (χ0n) is 18.3. The van der Waals surface area contributed by atoms with E-state index in [0.717, 1.165) is 0 Å². The Labute approximate surface area is 195 Å². The Hall–Kier alpha value is -2.24. The van der Waals surface area contributed by atoms with E-state index < -0.39 is 11.7 Å². The van der Waals surface area contributed by atoms with Gasteiger partial charge in [0, 0.05) is 38.8 Å². The molecule has 1 rings (SSSR count). The Balaban J connectivity index is 0.00000841. The Bertz CT molecular complexity index is 692. The molecule has 10 heteroatoms. The van der Waals surface area contributed by atoms with Crippen LogP contribution in [0.25, 0.3) is 0 Å². The summed E-state index contributed by atoms with van der Waals surface area (Å²) in [4.78, 5) is 27.8. The first-order valence-electron chi connectivity index (χ1n) is 9.59. The van der Waals surface area contributed by atoms with Crippen molar-refractivity contribution in [3.05, 3.63) is 29.8 Å². The Morgan fingerprint density at radius 1 is 1.00 bits per heavy atom. The van der Waals surface area contributed by atoms with Crippen LogP contribution in [-0.4, -0.2) is 63.9 Å². The standard InChI is InChI=1S/C20H33N5O4.HI/c1-20(2,3)29-19(27)25-11-7-10-23-18(21-4)24-13-12-22-17(26)15-8-6-9-16(14-15)28-5;/h6,8-9,14H,7,10-13H2,1-5H3,(H,22,26)(H,25,27)(H2,21,23,24);1H. The van der Waals surface area contributed by atoms with Crippen LogP contribution in [0.2, 0.25) is 0 Å². The second-order valence-corrected chi connectivity index (χ2v) is 7.20. The smallest absolute Gasteiger partial charge is 0.407 e. The average Bonchev–Trinajstić information content (AvgIpc) is 2.67. The number of hydrogen-bond acceptors (Lipinski definition) is 5. The van der Waals surface area contributed by atoms with Crippen molar-refractivity contribution in [3.8, 4) is 5.75 Å². The highest BCUT2D eigenvalue weighted by atomic mass is 127. The van der Waals surface area contributed by atoms with Crippen LogP contribution in [0.15, 0.2) is 29.3 Å². The number of hydrogen-bond donors (Lipinski definition) is 4. The van der Waals surface area contributed by atoms with Crippen molar-refractivity contribution in [1.29, 1.82) is 0 Å². The van der Waals surface area contributed by atoms with Gasteiger partial charge in [-0.15, -0.1) is 24.0 Å². The number of amides is 2. The lowest BCUT2D eigenvalue weighted by atomic mass is 10.2. The number of aliphatic imine (C=N–C) groups is 1. The molecule has 0 spiro atoms. The molecule has 0 radical (unpaired) electrons. The van der Waals surface area contributed by atoms with Crippen LogP contribution in [-0.2, 0) is 4.74 Å². The van der Waals surface area contributed by atoms with Gasteiger partial charge >= 0.3 is 6.09 Å². The van der Waals surface area contributed by atoms with E-state index in [4.69, 9.17) is 9.47 Å². The molecule has 0 bridgehead atoms. The number of carbonyl (C=O) groups excluding carboxylic acids is 2. The number of guanidine groups is 1. The fourth-order valence-corrected chi connectivity index (χ4v) is 2.24. The molecule has 0 unspecified atom stereocenters. The van der Waals surface area contributed by atoms with Crippen molar-refractivity contribution in [3.63, 3.8) is 0 Å². The predicted octanol–water partition coefficient (Wildman–Crippen LogP) is 2.12. The van der Waals surface area contributed by atoms with Crippen LogP contribution >= 0.6 is 24.0 Å². The molecule has 0 aliphatic heterocycles. The summed E-state index contributed by atoms with van der Waals surface area (Å²) >= 11 is 0. The van der Waals surface area contributed by atoms with Gasteiger partial charge in [0.2, 0.25) is 0 Å². The van der Waals surface area contributed by atoms with Crippen molar-refractivity contribution in [2.75, 3.05) is 40.3 Å². The highest BCUT2D eigenvalue weighted by molar-refractivity contribution is 14.0. The molecule has 170 valence electrons. The molecule has 2 amide bonds. The number of methoxy groups -OCH3 is 1. The average molecular weight is 535 g/mol. The van der Waals surface area contributed by atoms with Gasteiger partial charge in [0.15, 0.2) is 5.96 Å². The van der Waals surface area contributed by atoms with Crippen molar-refractivity contribution < 1.29 is 19.1 Å². The second-order valence-electron chi connectivity index (χ2n) is 7.20. The maximum atomic E-state index is 12.1. The number of rotatable bonds is 9. The van der Waals surface area contributed by atoms with Gasteiger partial charge in [0.1, 0.15) is 11.4 Å². The fraction of sp³-hybridized carbons (Fsp3) is 0.550. The topological polar surface area (TPSA) is 113 Å². The van der Waals surface area contributed by atoms with Gasteiger partial charge in [-0.2, -0.15) is 0 Å². The quantitative estimate of drug-likeness (QED) is 0.167. The van der Waals surface area contributed by atoms with Crippen LogP contribution in [0.4, 0.5) is 4.79 Å². The largest absolute Gasteiger partial charge is 0.497 e. The highest BCUT2D eigenvalue weighted by Crippen LogP contribution is 2.12. The summed E-state index contributed by atoms with van der Waals surface area (Å²) in [5, 5.41) is 11.8. The molecule has 0 aromatic heterocycles. The molecule has 0 fully saturated rings. The minimum absolute atomic E-state index is 0. The molecular weight excluding hydrogens is 501 g/mol. The first kappa shape index (κ1) is 27.8. The van der Waals surface area contributed by atoms with Crippen LogP contribution in [0.3, 0.4) is 0 Å². The number of nitrogens with zero attached hydrogens (tertiary/aromatic N) is 1. The number of ether oxygens (including phenoxy) is 2. The third kappa shape index (κ3) is 12.3. The Kier molecular flexibility index (Phi) is 13.6. The van der Waals surface area contributed by atoms with Crippen LogP contribution in [0.5, 0.6) is 5.75 Å². The van der Waals surface area contributed by atoms with Gasteiger partial charge < -0.3 is 30.7 Å². The highest BCUT2D eigenvalue weighted by Gasteiger charge is 2.15. The second kappa shape index (κ2) is 14.7. The first-order valence-corrected chi connectivity index (χ1v) is 9.59. The Morgan fingerprint density at radius 3 is 2.27 bits per heavy atom. The van der Waals surface area contributed by atoms with Crippen molar-refractivity contribution in [2.45, 2.75) is 32.8 Å². The van der Waals surface area contributed by atoms with E-state index in [1.165, 1.54) is 0 Å². The van der Waals surface area contributed by atoms with Gasteiger partial charge in [-0.25, -0.2) is 4.79 Å². The lowest BCUT2D eigenvalue weighted by Crippen LogP contribution is -2.42. The van der Waals surface area contributed by atoms with Gasteiger partial charge in [-0.1, -0.05) is 6.07 Å². The molecule has 0 heterocycles. The summed E-state index contributed by atoms with van der Waals surface area (Å²) in [6.07, 6.45) is 0.291. The molecular formula is C20H34IN5O4. The third-order valence-electron chi connectivity index (χ3n) is 3.57. The lowest BCUT2D eigenvalue weighted by Gasteiger charge is -2.19. The molecule has 0 saturated carbocycles. The molecule has 1 aromatic rings. The minimum Gasteiger partial charge on any atom is -0.497 e. The van der Waals surface area contributed by atoms with E-state index in [2.05, 4.69) is 26.3 Å². The number of alkyl carbamates (subject to hydrolysis) is 1. The monoisotopic (exact) mass is 535 g/mol. The maximum absolute atomic E-state index is 12.1. The maximum Gasteiger partial charge on any atom is 0.407 e. The normalized spacial score (nSPS) is 11.0. The third-order valence-corrected chi connectivity index (χ3v) is 3.57. The van der Waals surface area contributed by atoms with Crippen LogP contribution in [0, 0.1) is 0 Å².